The molecule has 0 saturated heterocycles. The largest absolute Gasteiger partial charge is 0.491 e. The van der Waals surface area contributed by atoms with Crippen molar-refractivity contribution < 1.29 is 4.74 Å². The molecule has 1 aliphatic rings. The Labute approximate surface area is 130 Å². The van der Waals surface area contributed by atoms with E-state index in [0.717, 1.165) is 5.75 Å². The van der Waals surface area contributed by atoms with E-state index in [1.165, 1.54) is 31.2 Å². The van der Waals surface area contributed by atoms with Gasteiger partial charge in [-0.15, -0.1) is 0 Å². The summed E-state index contributed by atoms with van der Waals surface area (Å²) in [5, 5.41) is 3.84. The average Bonchev–Trinajstić information content (AvgIpc) is 2.41. The molecule has 2 nitrogen and oxygen atoms in total. The van der Waals surface area contributed by atoms with Crippen molar-refractivity contribution in [1.82, 2.24) is 5.32 Å². The lowest BCUT2D eigenvalue weighted by Crippen LogP contribution is -2.45. The molecule has 1 aliphatic carbocycles. The molecule has 2 rings (SSSR count). The lowest BCUT2D eigenvalue weighted by molar-refractivity contribution is 0.157. The lowest BCUT2D eigenvalue weighted by Gasteiger charge is -2.41. The van der Waals surface area contributed by atoms with Gasteiger partial charge in [0.05, 0.1) is 6.10 Å². The molecule has 1 saturated carbocycles. The molecule has 0 spiro atoms. The van der Waals surface area contributed by atoms with Gasteiger partial charge in [-0.2, -0.15) is 0 Å². The van der Waals surface area contributed by atoms with E-state index in [2.05, 4.69) is 64.2 Å². The summed E-state index contributed by atoms with van der Waals surface area (Å²) in [5.41, 5.74) is 1.75. The maximum atomic E-state index is 5.71. The summed E-state index contributed by atoms with van der Waals surface area (Å²) < 4.78 is 5.71. The second-order valence-corrected chi connectivity index (χ2v) is 7.41. The zero-order chi connectivity index (χ0) is 15.5. The summed E-state index contributed by atoms with van der Waals surface area (Å²) in [6, 6.07) is 9.54. The number of ether oxygens (including phenoxy) is 1. The first kappa shape index (κ1) is 16.4. The van der Waals surface area contributed by atoms with Crippen molar-refractivity contribution in [2.75, 3.05) is 0 Å². The van der Waals surface area contributed by atoms with Gasteiger partial charge < -0.3 is 10.1 Å². The predicted molar refractivity (Wildman–Crippen MR) is 89.8 cm³/mol. The molecule has 0 aromatic heterocycles. The molecule has 2 unspecified atom stereocenters. The molecule has 2 atom stereocenters. The number of hydrogen-bond acceptors (Lipinski definition) is 2. The van der Waals surface area contributed by atoms with Crippen LogP contribution in [0.4, 0.5) is 0 Å². The van der Waals surface area contributed by atoms with Crippen molar-refractivity contribution in [2.45, 2.75) is 78.5 Å². The fourth-order valence-electron chi connectivity index (χ4n) is 3.31. The van der Waals surface area contributed by atoms with Crippen LogP contribution in [0.3, 0.4) is 0 Å². The van der Waals surface area contributed by atoms with Gasteiger partial charge in [-0.3, -0.25) is 0 Å². The molecule has 0 amide bonds. The van der Waals surface area contributed by atoms with Gasteiger partial charge in [0.15, 0.2) is 0 Å². The summed E-state index contributed by atoms with van der Waals surface area (Å²) >= 11 is 0. The van der Waals surface area contributed by atoms with Gasteiger partial charge in [0.1, 0.15) is 5.75 Å². The van der Waals surface area contributed by atoms with Crippen molar-refractivity contribution in [3.05, 3.63) is 29.8 Å². The molecule has 1 fully saturated rings. The maximum absolute atomic E-state index is 5.71. The minimum Gasteiger partial charge on any atom is -0.491 e. The molecule has 0 bridgehead atoms. The molecule has 0 heterocycles. The average molecular weight is 289 g/mol. The topological polar surface area (TPSA) is 21.3 Å². The van der Waals surface area contributed by atoms with E-state index in [-0.39, 0.29) is 6.10 Å². The molecule has 0 aliphatic heterocycles. The highest BCUT2D eigenvalue weighted by Crippen LogP contribution is 2.36. The normalized spacial score (nSPS) is 23.0. The summed E-state index contributed by atoms with van der Waals surface area (Å²) in [6.07, 6.45) is 5.59. The van der Waals surface area contributed by atoms with Crippen LogP contribution in [-0.2, 0) is 0 Å². The first-order valence-electron chi connectivity index (χ1n) is 8.41. The molecule has 1 aromatic carbocycles. The van der Waals surface area contributed by atoms with E-state index in [9.17, 15) is 0 Å². The smallest absolute Gasteiger partial charge is 0.119 e. The van der Waals surface area contributed by atoms with E-state index in [1.54, 1.807) is 0 Å². The third kappa shape index (κ3) is 4.47. The van der Waals surface area contributed by atoms with Gasteiger partial charge in [-0.1, -0.05) is 38.8 Å². The minimum absolute atomic E-state index is 0.231. The van der Waals surface area contributed by atoms with Gasteiger partial charge in [0.25, 0.3) is 0 Å². The minimum atomic E-state index is 0.231. The Morgan fingerprint density at radius 3 is 2.33 bits per heavy atom. The van der Waals surface area contributed by atoms with E-state index in [1.807, 2.05) is 0 Å². The Morgan fingerprint density at radius 1 is 1.10 bits per heavy atom. The standard InChI is InChI=1S/C19H31NO/c1-14(2)21-17-11-9-16(10-12-17)15(3)20-18-8-6-7-13-19(18,4)5/h9-12,14-15,18,20H,6-8,13H2,1-5H3. The molecule has 118 valence electrons. The fraction of sp³-hybridized carbons (Fsp3) is 0.684. The monoisotopic (exact) mass is 289 g/mol. The zero-order valence-electron chi connectivity index (χ0n) is 14.3. The highest BCUT2D eigenvalue weighted by molar-refractivity contribution is 5.29. The number of hydrogen-bond donors (Lipinski definition) is 1. The van der Waals surface area contributed by atoms with E-state index in [0.29, 0.717) is 17.5 Å². The van der Waals surface area contributed by atoms with Crippen LogP contribution in [0.2, 0.25) is 0 Å². The number of rotatable bonds is 5. The predicted octanol–water partition coefficient (Wildman–Crippen LogP) is 5.09. The van der Waals surface area contributed by atoms with Crippen LogP contribution < -0.4 is 10.1 Å². The fourth-order valence-corrected chi connectivity index (χ4v) is 3.31. The third-order valence-corrected chi connectivity index (χ3v) is 4.71. The molecule has 21 heavy (non-hydrogen) atoms. The SMILES string of the molecule is CC(C)Oc1ccc(C(C)NC2CCCCC2(C)C)cc1. The molecule has 1 aromatic rings. The van der Waals surface area contributed by atoms with Crippen molar-refractivity contribution in [2.24, 2.45) is 5.41 Å². The van der Waals surface area contributed by atoms with Gasteiger partial charge in [0.2, 0.25) is 0 Å². The van der Waals surface area contributed by atoms with E-state index < -0.39 is 0 Å². The molecule has 2 heteroatoms. The maximum Gasteiger partial charge on any atom is 0.119 e. The van der Waals surface area contributed by atoms with Gasteiger partial charge in [0, 0.05) is 12.1 Å². The Kier molecular flexibility index (Phi) is 5.32. The van der Waals surface area contributed by atoms with Crippen LogP contribution in [0.1, 0.15) is 71.9 Å². The highest BCUT2D eigenvalue weighted by Gasteiger charge is 2.32. The van der Waals surface area contributed by atoms with E-state index >= 15 is 0 Å². The summed E-state index contributed by atoms with van der Waals surface area (Å²) in [4.78, 5) is 0. The Balaban J connectivity index is 1.98. The molecule has 1 N–H and O–H groups in total. The van der Waals surface area contributed by atoms with Crippen LogP contribution >= 0.6 is 0 Å². The Hall–Kier alpha value is -1.02. The van der Waals surface area contributed by atoms with Gasteiger partial charge >= 0.3 is 0 Å². The van der Waals surface area contributed by atoms with Gasteiger partial charge in [-0.05, 0) is 56.7 Å². The second kappa shape index (κ2) is 6.83. The summed E-state index contributed by atoms with van der Waals surface area (Å²) in [7, 11) is 0. The second-order valence-electron chi connectivity index (χ2n) is 7.41. The first-order valence-corrected chi connectivity index (χ1v) is 8.41. The molecular formula is C19H31NO. The van der Waals surface area contributed by atoms with Crippen molar-refractivity contribution >= 4 is 0 Å². The first-order chi connectivity index (χ1) is 9.88. The van der Waals surface area contributed by atoms with Crippen LogP contribution in [0, 0.1) is 5.41 Å². The van der Waals surface area contributed by atoms with Crippen LogP contribution in [0.15, 0.2) is 24.3 Å². The van der Waals surface area contributed by atoms with Crippen LogP contribution in [0.5, 0.6) is 5.75 Å². The lowest BCUT2D eigenvalue weighted by atomic mass is 9.73. The summed E-state index contributed by atoms with van der Waals surface area (Å²) in [6.45, 7) is 11.2. The quantitative estimate of drug-likeness (QED) is 0.815. The molecule has 0 radical (unpaired) electrons. The van der Waals surface area contributed by atoms with Crippen molar-refractivity contribution in [3.63, 3.8) is 0 Å². The van der Waals surface area contributed by atoms with E-state index in [4.69, 9.17) is 4.74 Å². The zero-order valence-corrected chi connectivity index (χ0v) is 14.3. The van der Waals surface area contributed by atoms with Crippen molar-refractivity contribution in [3.8, 4) is 5.75 Å². The Bertz CT molecular complexity index is 435. The Morgan fingerprint density at radius 2 is 1.76 bits per heavy atom. The highest BCUT2D eigenvalue weighted by atomic mass is 16.5. The van der Waals surface area contributed by atoms with Gasteiger partial charge in [-0.25, -0.2) is 0 Å². The van der Waals surface area contributed by atoms with Crippen molar-refractivity contribution in [1.29, 1.82) is 0 Å². The van der Waals surface area contributed by atoms with Crippen LogP contribution in [0.25, 0.3) is 0 Å². The molecular weight excluding hydrogens is 258 g/mol. The summed E-state index contributed by atoms with van der Waals surface area (Å²) in [5.74, 6) is 0.957. The van der Waals surface area contributed by atoms with Crippen LogP contribution in [-0.4, -0.2) is 12.1 Å². The number of benzene rings is 1. The number of nitrogens with one attached hydrogen (secondary N) is 1. The third-order valence-electron chi connectivity index (χ3n) is 4.71.